The number of rotatable bonds is 13. The molecule has 5 atom stereocenters. The van der Waals surface area contributed by atoms with Crippen LogP contribution < -0.4 is 22.1 Å². The molecule has 0 radical (unpaired) electrons. The van der Waals surface area contributed by atoms with Crippen LogP contribution in [0.3, 0.4) is 0 Å². The summed E-state index contributed by atoms with van der Waals surface area (Å²) in [5, 5.41) is 15.6. The van der Waals surface area contributed by atoms with Crippen LogP contribution in [0.4, 0.5) is 0 Å². The average molecular weight is 543 g/mol. The molecule has 1 fully saturated rings. The van der Waals surface area contributed by atoms with Crippen LogP contribution in [0.2, 0.25) is 0 Å². The van der Waals surface area contributed by atoms with E-state index in [0.717, 1.165) is 16.5 Å². The highest BCUT2D eigenvalue weighted by molar-refractivity contribution is 5.95. The predicted octanol–water partition coefficient (Wildman–Crippen LogP) is 0.395. The summed E-state index contributed by atoms with van der Waals surface area (Å²) >= 11 is 0. The summed E-state index contributed by atoms with van der Waals surface area (Å²) in [4.78, 5) is 67.2. The Kier molecular flexibility index (Phi) is 10.0. The Bertz CT molecular complexity index is 1210. The van der Waals surface area contributed by atoms with Crippen LogP contribution in [-0.4, -0.2) is 75.3 Å². The molecule has 12 nitrogen and oxygen atoms in total. The molecule has 0 saturated carbocycles. The number of carboxylic acids is 1. The number of primary amides is 1. The van der Waals surface area contributed by atoms with E-state index in [2.05, 4.69) is 15.6 Å². The molecule has 5 unspecified atom stereocenters. The van der Waals surface area contributed by atoms with Crippen LogP contribution in [0.5, 0.6) is 0 Å². The fraction of sp³-hybridized carbons (Fsp3) is 0.519. The maximum absolute atomic E-state index is 13.3. The molecule has 0 aliphatic carbocycles. The van der Waals surface area contributed by atoms with Crippen LogP contribution in [-0.2, 0) is 30.4 Å². The van der Waals surface area contributed by atoms with Gasteiger partial charge in [0.1, 0.15) is 18.1 Å². The molecule has 1 aliphatic rings. The quantitative estimate of drug-likeness (QED) is 0.210. The number of amides is 4. The Hall–Kier alpha value is -3.93. The first-order chi connectivity index (χ1) is 18.5. The Labute approximate surface area is 226 Å². The highest BCUT2D eigenvalue weighted by Gasteiger charge is 2.38. The minimum absolute atomic E-state index is 0.111. The number of H-pyrrole nitrogens is 1. The van der Waals surface area contributed by atoms with E-state index < -0.39 is 47.9 Å². The lowest BCUT2D eigenvalue weighted by Gasteiger charge is -2.29. The topological polar surface area (TPSA) is 201 Å². The number of aromatic amines is 1. The molecule has 2 heterocycles. The van der Waals surface area contributed by atoms with Crippen molar-refractivity contribution in [3.63, 3.8) is 0 Å². The van der Waals surface area contributed by atoms with Gasteiger partial charge in [0, 0.05) is 30.1 Å². The van der Waals surface area contributed by atoms with Crippen molar-refractivity contribution in [2.75, 3.05) is 6.54 Å². The SMILES string of the molecule is CCC(C)C(NC(=O)C(CCC(N)=O)NC(=O)C1CCCN1C(=O)C(N)Cc1c[nH]c2ccccc12)C(=O)O. The number of nitrogens with two attached hydrogens (primary N) is 2. The molecule has 3 rings (SSSR count). The van der Waals surface area contributed by atoms with Gasteiger partial charge in [0.15, 0.2) is 0 Å². The molecule has 8 N–H and O–H groups in total. The number of likely N-dealkylation sites (tertiary alicyclic amines) is 1. The molecule has 1 aliphatic heterocycles. The van der Waals surface area contributed by atoms with E-state index in [-0.39, 0.29) is 31.1 Å². The summed E-state index contributed by atoms with van der Waals surface area (Å²) in [5.74, 6) is -3.90. The smallest absolute Gasteiger partial charge is 0.326 e. The molecule has 39 heavy (non-hydrogen) atoms. The summed E-state index contributed by atoms with van der Waals surface area (Å²) in [6, 6.07) is 3.59. The molecular weight excluding hydrogens is 504 g/mol. The van der Waals surface area contributed by atoms with Gasteiger partial charge in [-0.05, 0) is 43.2 Å². The second kappa shape index (κ2) is 13.2. The maximum atomic E-state index is 13.3. The van der Waals surface area contributed by atoms with Crippen LogP contribution >= 0.6 is 0 Å². The number of para-hydroxylation sites is 1. The van der Waals surface area contributed by atoms with Crippen molar-refractivity contribution in [3.05, 3.63) is 36.0 Å². The summed E-state index contributed by atoms with van der Waals surface area (Å²) in [6.45, 7) is 3.83. The van der Waals surface area contributed by atoms with Crippen LogP contribution in [0.15, 0.2) is 30.5 Å². The lowest BCUT2D eigenvalue weighted by Crippen LogP contribution is -2.57. The third-order valence-corrected chi connectivity index (χ3v) is 7.36. The van der Waals surface area contributed by atoms with Crippen molar-refractivity contribution in [1.82, 2.24) is 20.5 Å². The van der Waals surface area contributed by atoms with E-state index in [0.29, 0.717) is 25.8 Å². The van der Waals surface area contributed by atoms with Gasteiger partial charge in [0.2, 0.25) is 23.6 Å². The van der Waals surface area contributed by atoms with E-state index in [1.165, 1.54) is 4.90 Å². The molecule has 0 spiro atoms. The van der Waals surface area contributed by atoms with Crippen LogP contribution in [0, 0.1) is 5.92 Å². The van der Waals surface area contributed by atoms with Crippen molar-refractivity contribution in [3.8, 4) is 0 Å². The number of nitrogens with zero attached hydrogens (tertiary/aromatic N) is 1. The molecule has 1 aromatic heterocycles. The Morgan fingerprint density at radius 2 is 1.90 bits per heavy atom. The highest BCUT2D eigenvalue weighted by Crippen LogP contribution is 2.22. The van der Waals surface area contributed by atoms with Gasteiger partial charge in [0.25, 0.3) is 0 Å². The minimum atomic E-state index is -1.20. The largest absolute Gasteiger partial charge is 0.480 e. The number of carbonyl (C=O) groups is 5. The first kappa shape index (κ1) is 29.6. The number of benzene rings is 1. The third kappa shape index (κ3) is 7.34. The number of aliphatic carboxylic acids is 1. The van der Waals surface area contributed by atoms with Crippen LogP contribution in [0.25, 0.3) is 10.9 Å². The molecule has 1 saturated heterocycles. The zero-order chi connectivity index (χ0) is 28.7. The molecular formula is C27H38N6O6. The van der Waals surface area contributed by atoms with Gasteiger partial charge in [-0.1, -0.05) is 38.5 Å². The number of carbonyl (C=O) groups excluding carboxylic acids is 4. The summed E-state index contributed by atoms with van der Waals surface area (Å²) in [5.41, 5.74) is 13.4. The van der Waals surface area contributed by atoms with Crippen molar-refractivity contribution in [1.29, 1.82) is 0 Å². The predicted molar refractivity (Wildman–Crippen MR) is 144 cm³/mol. The number of carboxylic acid groups (broad SMARTS) is 1. The second-order valence-corrected chi connectivity index (χ2v) is 10.1. The van der Waals surface area contributed by atoms with E-state index in [1.54, 1.807) is 13.8 Å². The zero-order valence-electron chi connectivity index (χ0n) is 22.3. The molecule has 4 amide bonds. The fourth-order valence-corrected chi connectivity index (χ4v) is 4.90. The summed E-state index contributed by atoms with van der Waals surface area (Å²) < 4.78 is 0. The minimum Gasteiger partial charge on any atom is -0.480 e. The van der Waals surface area contributed by atoms with Crippen molar-refractivity contribution in [2.24, 2.45) is 17.4 Å². The number of fused-ring (bicyclic) bond motifs is 1. The first-order valence-corrected chi connectivity index (χ1v) is 13.3. The third-order valence-electron chi connectivity index (χ3n) is 7.36. The van der Waals surface area contributed by atoms with Gasteiger partial charge >= 0.3 is 5.97 Å². The normalized spacial score (nSPS) is 18.2. The number of hydrogen-bond donors (Lipinski definition) is 6. The van der Waals surface area contributed by atoms with Crippen molar-refractivity contribution >= 4 is 40.5 Å². The van der Waals surface area contributed by atoms with E-state index in [9.17, 15) is 29.1 Å². The monoisotopic (exact) mass is 542 g/mol. The van der Waals surface area contributed by atoms with Crippen molar-refractivity contribution < 1.29 is 29.1 Å². The number of aromatic nitrogens is 1. The summed E-state index contributed by atoms with van der Waals surface area (Å²) in [6.07, 6.45) is 3.26. The Morgan fingerprint density at radius 1 is 1.18 bits per heavy atom. The standard InChI is InChI=1S/C27H38N6O6/c1-3-15(2)23(27(38)39)32-24(35)20(10-11-22(29)34)31-25(36)21-9-6-12-33(21)26(37)18(28)13-16-14-30-19-8-5-4-7-17(16)19/h4-5,7-8,14-15,18,20-21,23,30H,3,6,9-13,28H2,1-2H3,(H2,29,34)(H,31,36)(H,32,35)(H,38,39). The molecule has 0 bridgehead atoms. The first-order valence-electron chi connectivity index (χ1n) is 13.3. The maximum Gasteiger partial charge on any atom is 0.326 e. The van der Waals surface area contributed by atoms with Gasteiger partial charge in [0.05, 0.1) is 6.04 Å². The van der Waals surface area contributed by atoms with E-state index in [4.69, 9.17) is 11.5 Å². The van der Waals surface area contributed by atoms with Gasteiger partial charge in [-0.3, -0.25) is 19.2 Å². The van der Waals surface area contributed by atoms with Gasteiger partial charge in [-0.2, -0.15) is 0 Å². The summed E-state index contributed by atoms with van der Waals surface area (Å²) in [7, 11) is 0. The fourth-order valence-electron chi connectivity index (χ4n) is 4.90. The van der Waals surface area contributed by atoms with Gasteiger partial charge in [-0.25, -0.2) is 4.79 Å². The molecule has 12 heteroatoms. The Morgan fingerprint density at radius 3 is 2.56 bits per heavy atom. The Balaban J connectivity index is 1.70. The van der Waals surface area contributed by atoms with E-state index in [1.807, 2.05) is 30.5 Å². The van der Waals surface area contributed by atoms with Crippen molar-refractivity contribution in [2.45, 2.75) is 76.5 Å². The number of nitrogens with one attached hydrogen (secondary N) is 3. The van der Waals surface area contributed by atoms with Gasteiger partial charge in [-0.15, -0.1) is 0 Å². The highest BCUT2D eigenvalue weighted by atomic mass is 16.4. The zero-order valence-corrected chi connectivity index (χ0v) is 22.3. The average Bonchev–Trinajstić information content (AvgIpc) is 3.56. The number of hydrogen-bond acceptors (Lipinski definition) is 6. The van der Waals surface area contributed by atoms with E-state index >= 15 is 0 Å². The molecule has 212 valence electrons. The van der Waals surface area contributed by atoms with Gasteiger partial charge < -0.3 is 37.1 Å². The molecule has 1 aromatic carbocycles. The second-order valence-electron chi connectivity index (χ2n) is 10.1. The lowest BCUT2D eigenvalue weighted by molar-refractivity contribution is -0.144. The van der Waals surface area contributed by atoms with Crippen LogP contribution in [0.1, 0.15) is 51.5 Å². The molecule has 2 aromatic rings. The lowest BCUT2D eigenvalue weighted by atomic mass is 9.98.